The summed E-state index contributed by atoms with van der Waals surface area (Å²) in [6, 6.07) is 14.2. The molecule has 3 heteroatoms. The molecule has 0 radical (unpaired) electrons. The van der Waals surface area contributed by atoms with Crippen LogP contribution in [0, 0.1) is 0 Å². The first-order chi connectivity index (χ1) is 7.74. The van der Waals surface area contributed by atoms with E-state index >= 15 is 0 Å². The predicted molar refractivity (Wildman–Crippen MR) is 63.9 cm³/mol. The minimum Gasteiger partial charge on any atom is -0.508 e. The van der Waals surface area contributed by atoms with E-state index < -0.39 is 0 Å². The highest BCUT2D eigenvalue weighted by molar-refractivity contribution is 6.30. The zero-order valence-electron chi connectivity index (χ0n) is 8.56. The predicted octanol–water partition coefficient (Wildman–Crippen LogP) is 3.62. The second-order valence-electron chi connectivity index (χ2n) is 3.41. The summed E-state index contributed by atoms with van der Waals surface area (Å²) in [5.41, 5.74) is 0.926. The minimum atomic E-state index is 0.247. The first-order valence-electron chi connectivity index (χ1n) is 4.90. The summed E-state index contributed by atoms with van der Waals surface area (Å²) in [5.74, 6) is 1.00. The highest BCUT2D eigenvalue weighted by Gasteiger charge is 1.97. The smallest absolute Gasteiger partial charge is 0.119 e. The molecule has 0 unspecified atom stereocenters. The Morgan fingerprint density at radius 1 is 1.06 bits per heavy atom. The van der Waals surface area contributed by atoms with Crippen molar-refractivity contribution in [3.8, 4) is 11.5 Å². The van der Waals surface area contributed by atoms with Gasteiger partial charge in [-0.3, -0.25) is 0 Å². The Morgan fingerprint density at radius 3 is 2.50 bits per heavy atom. The quantitative estimate of drug-likeness (QED) is 0.879. The van der Waals surface area contributed by atoms with Crippen molar-refractivity contribution >= 4 is 11.6 Å². The molecule has 2 nitrogen and oxygen atoms in total. The Balaban J connectivity index is 1.99. The number of rotatable bonds is 3. The van der Waals surface area contributed by atoms with Crippen molar-refractivity contribution in [2.75, 3.05) is 0 Å². The van der Waals surface area contributed by atoms with Crippen molar-refractivity contribution in [1.29, 1.82) is 0 Å². The lowest BCUT2D eigenvalue weighted by molar-refractivity contribution is 0.305. The molecule has 0 aliphatic heterocycles. The van der Waals surface area contributed by atoms with Crippen molar-refractivity contribution in [3.05, 3.63) is 59.1 Å². The van der Waals surface area contributed by atoms with Gasteiger partial charge in [0.15, 0.2) is 0 Å². The van der Waals surface area contributed by atoms with Crippen LogP contribution in [0.1, 0.15) is 5.56 Å². The third-order valence-corrected chi connectivity index (χ3v) is 2.38. The summed E-state index contributed by atoms with van der Waals surface area (Å²) in [4.78, 5) is 0. The van der Waals surface area contributed by atoms with E-state index in [1.54, 1.807) is 30.3 Å². The third kappa shape index (κ3) is 2.91. The van der Waals surface area contributed by atoms with Crippen LogP contribution < -0.4 is 4.74 Å². The molecule has 0 fully saturated rings. The van der Waals surface area contributed by atoms with Crippen LogP contribution >= 0.6 is 11.6 Å². The standard InChI is InChI=1S/C13H11ClO2/c14-11-4-6-13(7-5-11)16-9-10-2-1-3-12(15)8-10/h1-8,15H,9H2. The van der Waals surface area contributed by atoms with Crippen LogP contribution in [0.2, 0.25) is 5.02 Å². The maximum atomic E-state index is 9.27. The fourth-order valence-corrected chi connectivity index (χ4v) is 1.47. The monoisotopic (exact) mass is 234 g/mol. The minimum absolute atomic E-state index is 0.247. The van der Waals surface area contributed by atoms with Crippen molar-refractivity contribution in [2.24, 2.45) is 0 Å². The zero-order valence-corrected chi connectivity index (χ0v) is 9.32. The van der Waals surface area contributed by atoms with Gasteiger partial charge < -0.3 is 9.84 Å². The van der Waals surface area contributed by atoms with Crippen LogP contribution in [-0.2, 0) is 6.61 Å². The van der Waals surface area contributed by atoms with E-state index in [0.29, 0.717) is 11.6 Å². The van der Waals surface area contributed by atoms with E-state index in [1.165, 1.54) is 0 Å². The van der Waals surface area contributed by atoms with Gasteiger partial charge in [0.1, 0.15) is 18.1 Å². The molecule has 0 aliphatic carbocycles. The lowest BCUT2D eigenvalue weighted by Gasteiger charge is -2.06. The molecule has 2 aromatic rings. The van der Waals surface area contributed by atoms with Crippen LogP contribution in [0.15, 0.2) is 48.5 Å². The van der Waals surface area contributed by atoms with Gasteiger partial charge in [0, 0.05) is 5.02 Å². The molecule has 82 valence electrons. The molecule has 0 atom stereocenters. The topological polar surface area (TPSA) is 29.5 Å². The fraction of sp³-hybridized carbons (Fsp3) is 0.0769. The number of phenols is 1. The second kappa shape index (κ2) is 4.90. The molecule has 0 heterocycles. The van der Waals surface area contributed by atoms with Gasteiger partial charge in [0.2, 0.25) is 0 Å². The van der Waals surface area contributed by atoms with Gasteiger partial charge in [-0.25, -0.2) is 0 Å². The molecule has 0 amide bonds. The summed E-state index contributed by atoms with van der Waals surface area (Å²) in [6.45, 7) is 0.427. The number of hydrogen-bond donors (Lipinski definition) is 1. The summed E-state index contributed by atoms with van der Waals surface area (Å²) in [7, 11) is 0. The molecule has 0 aliphatic rings. The third-order valence-electron chi connectivity index (χ3n) is 2.13. The largest absolute Gasteiger partial charge is 0.508 e. The Labute approximate surface area is 99.1 Å². The lowest BCUT2D eigenvalue weighted by atomic mass is 10.2. The molecule has 0 spiro atoms. The summed E-state index contributed by atoms with van der Waals surface area (Å²) in [5, 5.41) is 9.96. The van der Waals surface area contributed by atoms with E-state index in [4.69, 9.17) is 16.3 Å². The maximum Gasteiger partial charge on any atom is 0.119 e. The first kappa shape index (κ1) is 10.8. The summed E-state index contributed by atoms with van der Waals surface area (Å²) >= 11 is 5.76. The number of phenolic OH excluding ortho intramolecular Hbond substituents is 1. The van der Waals surface area contributed by atoms with Gasteiger partial charge in [-0.2, -0.15) is 0 Å². The first-order valence-corrected chi connectivity index (χ1v) is 5.28. The molecule has 0 saturated carbocycles. The fourth-order valence-electron chi connectivity index (χ4n) is 1.34. The second-order valence-corrected chi connectivity index (χ2v) is 3.85. The van der Waals surface area contributed by atoms with Gasteiger partial charge in [-0.1, -0.05) is 23.7 Å². The zero-order chi connectivity index (χ0) is 11.4. The maximum absolute atomic E-state index is 9.27. The SMILES string of the molecule is Oc1cccc(COc2ccc(Cl)cc2)c1. The lowest BCUT2D eigenvalue weighted by Crippen LogP contribution is -1.94. The number of ether oxygens (including phenoxy) is 1. The molecule has 0 saturated heterocycles. The van der Waals surface area contributed by atoms with E-state index in [-0.39, 0.29) is 5.75 Å². The van der Waals surface area contributed by atoms with Crippen LogP contribution in [0.3, 0.4) is 0 Å². The van der Waals surface area contributed by atoms with Gasteiger partial charge in [-0.05, 0) is 42.0 Å². The number of aromatic hydroxyl groups is 1. The molecule has 2 aromatic carbocycles. The van der Waals surface area contributed by atoms with E-state index in [1.807, 2.05) is 18.2 Å². The van der Waals surface area contributed by atoms with E-state index in [2.05, 4.69) is 0 Å². The van der Waals surface area contributed by atoms with Crippen LogP contribution in [-0.4, -0.2) is 5.11 Å². The highest BCUT2D eigenvalue weighted by Crippen LogP contribution is 2.18. The Bertz CT molecular complexity index is 466. The number of hydrogen-bond acceptors (Lipinski definition) is 2. The molecular weight excluding hydrogens is 224 g/mol. The molecule has 2 rings (SSSR count). The van der Waals surface area contributed by atoms with Gasteiger partial charge >= 0.3 is 0 Å². The Hall–Kier alpha value is -1.67. The van der Waals surface area contributed by atoms with Crippen LogP contribution in [0.5, 0.6) is 11.5 Å². The molecule has 0 aromatic heterocycles. The van der Waals surface area contributed by atoms with Crippen molar-refractivity contribution in [2.45, 2.75) is 6.61 Å². The van der Waals surface area contributed by atoms with E-state index in [9.17, 15) is 5.11 Å². The van der Waals surface area contributed by atoms with Gasteiger partial charge in [-0.15, -0.1) is 0 Å². The van der Waals surface area contributed by atoms with E-state index in [0.717, 1.165) is 11.3 Å². The molecular formula is C13H11ClO2. The van der Waals surface area contributed by atoms with Crippen molar-refractivity contribution in [1.82, 2.24) is 0 Å². The average molecular weight is 235 g/mol. The number of benzene rings is 2. The molecule has 1 N–H and O–H groups in total. The average Bonchev–Trinajstić information content (AvgIpc) is 2.28. The molecule has 0 bridgehead atoms. The van der Waals surface area contributed by atoms with Gasteiger partial charge in [0.05, 0.1) is 0 Å². The molecule has 16 heavy (non-hydrogen) atoms. The number of halogens is 1. The van der Waals surface area contributed by atoms with Crippen molar-refractivity contribution < 1.29 is 9.84 Å². The summed E-state index contributed by atoms with van der Waals surface area (Å²) < 4.78 is 5.53. The Morgan fingerprint density at radius 2 is 1.81 bits per heavy atom. The van der Waals surface area contributed by atoms with Crippen LogP contribution in [0.25, 0.3) is 0 Å². The van der Waals surface area contributed by atoms with Gasteiger partial charge in [0.25, 0.3) is 0 Å². The normalized spacial score (nSPS) is 10.1. The van der Waals surface area contributed by atoms with Crippen LogP contribution in [0.4, 0.5) is 0 Å². The van der Waals surface area contributed by atoms with Crippen molar-refractivity contribution in [3.63, 3.8) is 0 Å². The summed E-state index contributed by atoms with van der Waals surface area (Å²) in [6.07, 6.45) is 0. The highest BCUT2D eigenvalue weighted by atomic mass is 35.5. The Kier molecular flexibility index (Phi) is 3.32.